The maximum Gasteiger partial charge on any atom is 0.281 e. The molecular weight excluding hydrogens is 296 g/mol. The van der Waals surface area contributed by atoms with Gasteiger partial charge in [-0.2, -0.15) is 18.6 Å². The molecule has 2 rings (SSSR count). The van der Waals surface area contributed by atoms with Gasteiger partial charge in [0.15, 0.2) is 0 Å². The summed E-state index contributed by atoms with van der Waals surface area (Å²) >= 11 is 0. The van der Waals surface area contributed by atoms with Gasteiger partial charge in [-0.15, -0.1) is 0 Å². The van der Waals surface area contributed by atoms with Crippen LogP contribution in [0.2, 0.25) is 0 Å². The van der Waals surface area contributed by atoms with Crippen LogP contribution in [0.4, 0.5) is 5.69 Å². The lowest BCUT2D eigenvalue weighted by Crippen LogP contribution is -2.16. The lowest BCUT2D eigenvalue weighted by atomic mass is 10.3. The molecule has 2 aromatic heterocycles. The normalized spacial score (nSPS) is 11.8. The van der Waals surface area contributed by atoms with Gasteiger partial charge in [0.05, 0.1) is 25.0 Å². The van der Waals surface area contributed by atoms with Crippen molar-refractivity contribution in [3.8, 4) is 0 Å². The molecule has 2 aromatic rings. The zero-order chi connectivity index (χ0) is 15.5. The second-order valence-corrected chi connectivity index (χ2v) is 6.02. The van der Waals surface area contributed by atoms with E-state index in [2.05, 4.69) is 20.0 Å². The topological polar surface area (TPSA) is 128 Å². The van der Waals surface area contributed by atoms with Crippen LogP contribution in [-0.2, 0) is 27.8 Å². The lowest BCUT2D eigenvalue weighted by Gasteiger charge is -2.05. The average Bonchev–Trinajstić information content (AvgIpc) is 3.02. The SMILES string of the molecule is COCCn1cc(NS(=O)(=O)c2n[nH]c(C)c2CN)cn1. The van der Waals surface area contributed by atoms with Crippen molar-refractivity contribution in [1.82, 2.24) is 20.0 Å². The second kappa shape index (κ2) is 6.24. The van der Waals surface area contributed by atoms with Gasteiger partial charge in [-0.1, -0.05) is 0 Å². The van der Waals surface area contributed by atoms with Crippen LogP contribution in [0.25, 0.3) is 0 Å². The number of anilines is 1. The molecule has 0 unspecified atom stereocenters. The Kier molecular flexibility index (Phi) is 4.60. The summed E-state index contributed by atoms with van der Waals surface area (Å²) in [6.07, 6.45) is 3.01. The molecule has 0 aliphatic carbocycles. The Balaban J connectivity index is 2.19. The lowest BCUT2D eigenvalue weighted by molar-refractivity contribution is 0.183. The number of sulfonamides is 1. The summed E-state index contributed by atoms with van der Waals surface area (Å²) in [5, 5.41) is 10.4. The zero-order valence-electron chi connectivity index (χ0n) is 11.8. The van der Waals surface area contributed by atoms with Gasteiger partial charge >= 0.3 is 0 Å². The second-order valence-electron chi connectivity index (χ2n) is 4.43. The number of aryl methyl sites for hydroxylation is 1. The molecule has 0 radical (unpaired) electrons. The van der Waals surface area contributed by atoms with Crippen LogP contribution < -0.4 is 10.5 Å². The largest absolute Gasteiger partial charge is 0.383 e. The van der Waals surface area contributed by atoms with Gasteiger partial charge in [0.25, 0.3) is 10.0 Å². The van der Waals surface area contributed by atoms with Crippen LogP contribution >= 0.6 is 0 Å². The van der Waals surface area contributed by atoms with Crippen LogP contribution in [0.15, 0.2) is 17.4 Å². The van der Waals surface area contributed by atoms with Crippen molar-refractivity contribution in [3.05, 3.63) is 23.7 Å². The quantitative estimate of drug-likeness (QED) is 0.650. The number of H-pyrrole nitrogens is 1. The van der Waals surface area contributed by atoms with E-state index in [0.717, 1.165) is 0 Å². The fourth-order valence-electron chi connectivity index (χ4n) is 1.82. The molecule has 0 aliphatic rings. The molecule has 0 saturated heterocycles. The summed E-state index contributed by atoms with van der Waals surface area (Å²) in [6, 6.07) is 0. The van der Waals surface area contributed by atoms with Gasteiger partial charge in [0, 0.05) is 31.1 Å². The Bertz CT molecular complexity index is 705. The summed E-state index contributed by atoms with van der Waals surface area (Å²) < 4.78 is 33.6. The van der Waals surface area contributed by atoms with Gasteiger partial charge in [-0.25, -0.2) is 0 Å². The molecule has 0 atom stereocenters. The predicted octanol–water partition coefficient (Wildman–Crippen LogP) is -0.179. The number of hydrogen-bond acceptors (Lipinski definition) is 6. The minimum absolute atomic E-state index is 0.0890. The standard InChI is InChI=1S/C11H18N6O3S/c1-8-10(5-12)11(15-14-8)21(18,19)16-9-6-13-17(7-9)3-4-20-2/h6-7,16H,3-5,12H2,1-2H3,(H,14,15). The number of nitrogens with two attached hydrogens (primary N) is 1. The van der Waals surface area contributed by atoms with E-state index in [1.165, 1.54) is 6.20 Å². The predicted molar refractivity (Wildman–Crippen MR) is 76.1 cm³/mol. The van der Waals surface area contributed by atoms with Crippen molar-refractivity contribution < 1.29 is 13.2 Å². The Morgan fingerprint density at radius 3 is 2.95 bits per heavy atom. The van der Waals surface area contributed by atoms with E-state index in [4.69, 9.17) is 10.5 Å². The molecule has 21 heavy (non-hydrogen) atoms. The van der Waals surface area contributed by atoms with Gasteiger partial charge in [-0.3, -0.25) is 14.5 Å². The van der Waals surface area contributed by atoms with Crippen LogP contribution in [0.5, 0.6) is 0 Å². The molecule has 9 nitrogen and oxygen atoms in total. The molecule has 0 spiro atoms. The Morgan fingerprint density at radius 2 is 2.29 bits per heavy atom. The van der Waals surface area contributed by atoms with Gasteiger partial charge in [0.1, 0.15) is 0 Å². The van der Waals surface area contributed by atoms with Gasteiger partial charge in [0.2, 0.25) is 5.03 Å². The van der Waals surface area contributed by atoms with E-state index >= 15 is 0 Å². The Morgan fingerprint density at radius 1 is 1.52 bits per heavy atom. The first-order valence-corrected chi connectivity index (χ1v) is 7.74. The molecule has 116 valence electrons. The van der Waals surface area contributed by atoms with Crippen molar-refractivity contribution in [2.24, 2.45) is 5.73 Å². The number of ether oxygens (including phenoxy) is 1. The number of methoxy groups -OCH3 is 1. The third-order valence-corrected chi connectivity index (χ3v) is 4.26. The van der Waals surface area contributed by atoms with Gasteiger partial charge in [-0.05, 0) is 6.92 Å². The van der Waals surface area contributed by atoms with Crippen LogP contribution in [0, 0.1) is 6.92 Å². The van der Waals surface area contributed by atoms with Crippen LogP contribution in [0.1, 0.15) is 11.3 Å². The van der Waals surface area contributed by atoms with E-state index in [-0.39, 0.29) is 11.6 Å². The zero-order valence-corrected chi connectivity index (χ0v) is 12.6. The molecule has 2 heterocycles. The number of aromatic amines is 1. The summed E-state index contributed by atoms with van der Waals surface area (Å²) in [6.45, 7) is 2.83. The summed E-state index contributed by atoms with van der Waals surface area (Å²) in [5.74, 6) is 0. The van der Waals surface area contributed by atoms with Gasteiger partial charge < -0.3 is 10.5 Å². The Labute approximate surface area is 122 Å². The molecule has 0 aliphatic heterocycles. The maximum atomic E-state index is 12.3. The number of hydrogen-bond donors (Lipinski definition) is 3. The summed E-state index contributed by atoms with van der Waals surface area (Å²) in [5.41, 5.74) is 7.02. The highest BCUT2D eigenvalue weighted by atomic mass is 32.2. The van der Waals surface area contributed by atoms with Crippen LogP contribution in [0.3, 0.4) is 0 Å². The molecular formula is C11H18N6O3S. The number of rotatable bonds is 7. The maximum absolute atomic E-state index is 12.3. The molecule has 4 N–H and O–H groups in total. The van der Waals surface area contributed by atoms with E-state index in [1.807, 2.05) is 0 Å². The first-order chi connectivity index (χ1) is 9.97. The average molecular weight is 314 g/mol. The number of aromatic nitrogens is 4. The van der Waals surface area contributed by atoms with Crippen LogP contribution in [-0.4, -0.2) is 42.1 Å². The smallest absolute Gasteiger partial charge is 0.281 e. The first-order valence-electron chi connectivity index (χ1n) is 6.26. The van der Waals surface area contributed by atoms with Crippen molar-refractivity contribution in [3.63, 3.8) is 0 Å². The Hall–Kier alpha value is -1.91. The van der Waals surface area contributed by atoms with Crippen molar-refractivity contribution >= 4 is 15.7 Å². The third kappa shape index (κ3) is 3.40. The minimum Gasteiger partial charge on any atom is -0.383 e. The molecule has 0 saturated carbocycles. The fourth-order valence-corrected chi connectivity index (χ4v) is 3.06. The fraction of sp³-hybridized carbons (Fsp3) is 0.455. The first kappa shape index (κ1) is 15.5. The van der Waals surface area contributed by atoms with Crippen molar-refractivity contribution in [2.75, 3.05) is 18.4 Å². The van der Waals surface area contributed by atoms with Crippen molar-refractivity contribution in [2.45, 2.75) is 25.0 Å². The molecule has 0 fully saturated rings. The number of nitrogens with zero attached hydrogens (tertiary/aromatic N) is 3. The molecule has 0 bridgehead atoms. The minimum atomic E-state index is -3.80. The van der Waals surface area contributed by atoms with Crippen molar-refractivity contribution in [1.29, 1.82) is 0 Å². The highest BCUT2D eigenvalue weighted by Gasteiger charge is 2.23. The summed E-state index contributed by atoms with van der Waals surface area (Å²) in [4.78, 5) is 0. The third-order valence-electron chi connectivity index (χ3n) is 2.90. The number of nitrogens with one attached hydrogen (secondary N) is 2. The molecule has 10 heteroatoms. The van der Waals surface area contributed by atoms with E-state index in [1.54, 1.807) is 24.9 Å². The highest BCUT2D eigenvalue weighted by molar-refractivity contribution is 7.92. The highest BCUT2D eigenvalue weighted by Crippen LogP contribution is 2.19. The van der Waals surface area contributed by atoms with E-state index in [9.17, 15) is 8.42 Å². The van der Waals surface area contributed by atoms with E-state index < -0.39 is 10.0 Å². The molecule has 0 amide bonds. The summed E-state index contributed by atoms with van der Waals surface area (Å²) in [7, 11) is -2.21. The monoisotopic (exact) mass is 314 g/mol. The molecule has 0 aromatic carbocycles. The van der Waals surface area contributed by atoms with E-state index in [0.29, 0.717) is 30.1 Å².